The van der Waals surface area contributed by atoms with E-state index in [1.807, 2.05) is 60.7 Å². The van der Waals surface area contributed by atoms with Crippen LogP contribution in [0.4, 0.5) is 5.69 Å². The lowest BCUT2D eigenvalue weighted by Crippen LogP contribution is -2.47. The minimum Gasteiger partial charge on any atom is -0.457 e. The van der Waals surface area contributed by atoms with E-state index in [0.717, 1.165) is 41.8 Å². The summed E-state index contributed by atoms with van der Waals surface area (Å²) in [7, 11) is 0. The van der Waals surface area contributed by atoms with E-state index >= 15 is 0 Å². The van der Waals surface area contributed by atoms with E-state index in [9.17, 15) is 9.59 Å². The molecule has 0 spiro atoms. The molecule has 4 aromatic rings. The van der Waals surface area contributed by atoms with Gasteiger partial charge < -0.3 is 20.7 Å². The van der Waals surface area contributed by atoms with Crippen molar-refractivity contribution in [2.45, 2.75) is 18.9 Å². The number of benzene rings is 3. The maximum Gasteiger partial charge on any atom is 0.250 e. The van der Waals surface area contributed by atoms with Gasteiger partial charge in [0.05, 0.1) is 16.5 Å². The second-order valence-corrected chi connectivity index (χ2v) is 8.76. The minimum atomic E-state index is -0.525. The molecular formula is C28H27N5O3. The van der Waals surface area contributed by atoms with Gasteiger partial charge >= 0.3 is 0 Å². The highest BCUT2D eigenvalue weighted by Crippen LogP contribution is 2.37. The zero-order valence-electron chi connectivity index (χ0n) is 19.7. The maximum atomic E-state index is 12.2. The summed E-state index contributed by atoms with van der Waals surface area (Å²) in [4.78, 5) is 26.3. The van der Waals surface area contributed by atoms with Gasteiger partial charge in [-0.1, -0.05) is 24.8 Å². The number of aromatic nitrogens is 2. The van der Waals surface area contributed by atoms with Crippen LogP contribution in [-0.4, -0.2) is 41.1 Å². The van der Waals surface area contributed by atoms with Crippen LogP contribution in [0.1, 0.15) is 23.2 Å². The number of amides is 2. The number of carbonyl (C=O) groups excluding carboxylic acids is 2. The number of hydrogen-bond acceptors (Lipinski definition) is 5. The van der Waals surface area contributed by atoms with E-state index in [4.69, 9.17) is 10.5 Å². The summed E-state index contributed by atoms with van der Waals surface area (Å²) in [5, 5.41) is 11.4. The number of fused-ring (bicyclic) bond motifs is 1. The molecule has 0 radical (unpaired) electrons. The van der Waals surface area contributed by atoms with Crippen molar-refractivity contribution in [1.82, 2.24) is 15.5 Å². The van der Waals surface area contributed by atoms with Gasteiger partial charge in [0.1, 0.15) is 17.2 Å². The van der Waals surface area contributed by atoms with Crippen molar-refractivity contribution >= 4 is 28.4 Å². The first-order valence-corrected chi connectivity index (χ1v) is 11.9. The Balaban J connectivity index is 1.51. The van der Waals surface area contributed by atoms with Crippen LogP contribution in [0, 0.1) is 0 Å². The van der Waals surface area contributed by atoms with E-state index in [0.29, 0.717) is 29.1 Å². The molecule has 1 atom stereocenters. The van der Waals surface area contributed by atoms with Gasteiger partial charge in [-0.15, -0.1) is 0 Å². The number of primary amides is 1. The Hall–Kier alpha value is -4.59. The predicted octanol–water partition coefficient (Wildman–Crippen LogP) is 4.39. The molecule has 0 saturated carbocycles. The van der Waals surface area contributed by atoms with Crippen LogP contribution in [0.2, 0.25) is 0 Å². The van der Waals surface area contributed by atoms with Gasteiger partial charge in [0, 0.05) is 30.4 Å². The van der Waals surface area contributed by atoms with Crippen molar-refractivity contribution in [1.29, 1.82) is 0 Å². The minimum absolute atomic E-state index is 0.000105. The zero-order chi connectivity index (χ0) is 25.1. The Kier molecular flexibility index (Phi) is 6.40. The third kappa shape index (κ3) is 4.65. The first-order chi connectivity index (χ1) is 17.5. The number of carbonyl (C=O) groups is 2. The topological polar surface area (TPSA) is 113 Å². The van der Waals surface area contributed by atoms with Crippen LogP contribution in [0.15, 0.2) is 79.4 Å². The average Bonchev–Trinajstić information content (AvgIpc) is 3.34. The molecule has 1 fully saturated rings. The number of nitrogens with one attached hydrogen (secondary N) is 2. The van der Waals surface area contributed by atoms with Crippen LogP contribution in [0.25, 0.3) is 22.2 Å². The number of hydrogen-bond donors (Lipinski definition) is 3. The van der Waals surface area contributed by atoms with Gasteiger partial charge in [0.2, 0.25) is 5.91 Å². The number of nitrogens with two attached hydrogens (primary N) is 1. The molecule has 1 aliphatic heterocycles. The van der Waals surface area contributed by atoms with E-state index in [1.165, 1.54) is 6.08 Å². The van der Waals surface area contributed by atoms with Crippen LogP contribution in [-0.2, 0) is 4.79 Å². The van der Waals surface area contributed by atoms with Crippen molar-refractivity contribution < 1.29 is 14.3 Å². The second kappa shape index (κ2) is 9.95. The molecule has 1 aromatic heterocycles. The lowest BCUT2D eigenvalue weighted by Gasteiger charge is -2.35. The van der Waals surface area contributed by atoms with E-state index in [2.05, 4.69) is 27.0 Å². The van der Waals surface area contributed by atoms with Crippen molar-refractivity contribution in [3.63, 3.8) is 0 Å². The third-order valence-electron chi connectivity index (χ3n) is 6.37. The van der Waals surface area contributed by atoms with Crippen molar-refractivity contribution in [2.75, 3.05) is 18.0 Å². The van der Waals surface area contributed by atoms with Crippen LogP contribution in [0.3, 0.4) is 0 Å². The Labute approximate surface area is 208 Å². The van der Waals surface area contributed by atoms with Gasteiger partial charge in [0.15, 0.2) is 0 Å². The molecule has 8 heteroatoms. The molecule has 5 rings (SSSR count). The monoisotopic (exact) mass is 481 g/mol. The normalized spacial score (nSPS) is 15.4. The van der Waals surface area contributed by atoms with Gasteiger partial charge in [-0.25, -0.2) is 0 Å². The van der Waals surface area contributed by atoms with Gasteiger partial charge in [-0.05, 0) is 67.4 Å². The Bertz CT molecular complexity index is 1410. The third-order valence-corrected chi connectivity index (χ3v) is 6.37. The quantitative estimate of drug-likeness (QED) is 0.339. The molecular weight excluding hydrogens is 454 g/mol. The van der Waals surface area contributed by atoms with Gasteiger partial charge in [-0.2, -0.15) is 5.10 Å². The SMILES string of the molecule is C=CC(=O)N[C@H]1CCCN(c2ccc(C(N)=O)c3[nH]nc(-c4ccc(Oc5ccccc5)cc4)c23)C1. The largest absolute Gasteiger partial charge is 0.457 e. The number of anilines is 1. The molecule has 0 aliphatic carbocycles. The number of ether oxygens (including phenoxy) is 1. The highest BCUT2D eigenvalue weighted by molar-refractivity contribution is 6.12. The summed E-state index contributed by atoms with van der Waals surface area (Å²) in [5.74, 6) is 0.757. The number of aromatic amines is 1. The first kappa shape index (κ1) is 23.2. The number of para-hydroxylation sites is 1. The van der Waals surface area contributed by atoms with Crippen LogP contribution in [0.5, 0.6) is 11.5 Å². The molecule has 4 N–H and O–H groups in total. The number of H-pyrrole nitrogens is 1. The standard InChI is InChI=1S/C28H27N5O3/c1-2-24(34)30-19-7-6-16-33(17-19)23-15-14-22(28(29)35)27-25(23)26(31-32-27)18-10-12-21(13-11-18)36-20-8-4-3-5-9-20/h2-5,8-15,19H,1,6-7,16-17H2,(H2,29,35)(H,30,34)(H,31,32)/t19-/m0/s1. The summed E-state index contributed by atoms with van der Waals surface area (Å²) in [6.45, 7) is 5.00. The molecule has 1 aliphatic rings. The lowest BCUT2D eigenvalue weighted by atomic mass is 9.99. The number of piperidine rings is 1. The summed E-state index contributed by atoms with van der Waals surface area (Å²) in [5.41, 5.74) is 9.16. The van der Waals surface area contributed by atoms with Crippen molar-refractivity contribution in [2.24, 2.45) is 5.73 Å². The molecule has 0 unspecified atom stereocenters. The van der Waals surface area contributed by atoms with E-state index in [-0.39, 0.29) is 11.9 Å². The highest BCUT2D eigenvalue weighted by atomic mass is 16.5. The molecule has 0 bridgehead atoms. The summed E-state index contributed by atoms with van der Waals surface area (Å²) in [6.07, 6.45) is 3.09. The smallest absolute Gasteiger partial charge is 0.250 e. The van der Waals surface area contributed by atoms with Crippen LogP contribution >= 0.6 is 0 Å². The molecule has 2 heterocycles. The lowest BCUT2D eigenvalue weighted by molar-refractivity contribution is -0.117. The fourth-order valence-corrected chi connectivity index (χ4v) is 4.67. The molecule has 36 heavy (non-hydrogen) atoms. The van der Waals surface area contributed by atoms with E-state index < -0.39 is 5.91 Å². The molecule has 182 valence electrons. The number of nitrogens with zero attached hydrogens (tertiary/aromatic N) is 2. The summed E-state index contributed by atoms with van der Waals surface area (Å²) < 4.78 is 5.92. The summed E-state index contributed by atoms with van der Waals surface area (Å²) in [6, 6.07) is 20.9. The number of rotatable bonds is 7. The predicted molar refractivity (Wildman–Crippen MR) is 140 cm³/mol. The van der Waals surface area contributed by atoms with Crippen molar-refractivity contribution in [3.05, 3.63) is 84.9 Å². The average molecular weight is 482 g/mol. The first-order valence-electron chi connectivity index (χ1n) is 11.9. The highest BCUT2D eigenvalue weighted by Gasteiger charge is 2.26. The second-order valence-electron chi connectivity index (χ2n) is 8.76. The fourth-order valence-electron chi connectivity index (χ4n) is 4.67. The summed E-state index contributed by atoms with van der Waals surface area (Å²) >= 11 is 0. The van der Waals surface area contributed by atoms with Crippen LogP contribution < -0.4 is 20.7 Å². The maximum absolute atomic E-state index is 12.2. The van der Waals surface area contributed by atoms with Gasteiger partial charge in [-0.3, -0.25) is 14.7 Å². The molecule has 2 amide bonds. The molecule has 1 saturated heterocycles. The molecule has 3 aromatic carbocycles. The Morgan fingerprint density at radius 2 is 1.83 bits per heavy atom. The van der Waals surface area contributed by atoms with E-state index in [1.54, 1.807) is 6.07 Å². The molecule has 8 nitrogen and oxygen atoms in total. The Morgan fingerprint density at radius 1 is 1.08 bits per heavy atom. The fraction of sp³-hybridized carbons (Fsp3) is 0.179. The zero-order valence-corrected chi connectivity index (χ0v) is 19.7. The van der Waals surface area contributed by atoms with Gasteiger partial charge in [0.25, 0.3) is 5.91 Å². The Morgan fingerprint density at radius 3 is 2.56 bits per heavy atom. The van der Waals surface area contributed by atoms with Crippen molar-refractivity contribution in [3.8, 4) is 22.8 Å².